The number of anilines is 1. The fourth-order valence-electron chi connectivity index (χ4n) is 2.93. The number of carbonyl (C=O) groups excluding carboxylic acids is 1. The van der Waals surface area contributed by atoms with Crippen molar-refractivity contribution < 1.29 is 31.9 Å². The average molecular weight is 432 g/mol. The summed E-state index contributed by atoms with van der Waals surface area (Å²) in [6.07, 6.45) is -3.41. The number of ether oxygens (including phenoxy) is 2. The lowest BCUT2D eigenvalue weighted by atomic mass is 10.2. The van der Waals surface area contributed by atoms with Crippen LogP contribution < -0.4 is 14.8 Å². The minimum Gasteiger partial charge on any atom is -0.497 e. The number of hydrogen-bond acceptors (Lipinski definition) is 6. The molecule has 1 amide bonds. The lowest BCUT2D eigenvalue weighted by molar-refractivity contribution is -0.142. The highest BCUT2D eigenvalue weighted by molar-refractivity contribution is 6.04. The molecule has 4 rings (SSSR count). The Balaban J connectivity index is 1.74. The van der Waals surface area contributed by atoms with Crippen molar-refractivity contribution in [3.05, 3.63) is 60.1 Å². The van der Waals surface area contributed by atoms with Gasteiger partial charge in [-0.1, -0.05) is 0 Å². The number of amides is 1. The summed E-state index contributed by atoms with van der Waals surface area (Å²) in [4.78, 5) is 16.8. The first-order chi connectivity index (χ1) is 14.8. The van der Waals surface area contributed by atoms with Crippen LogP contribution in [0.2, 0.25) is 0 Å². The molecule has 0 atom stereocenters. The molecule has 3 aromatic heterocycles. The first-order valence-electron chi connectivity index (χ1n) is 8.85. The molecular weight excluding hydrogens is 417 g/mol. The number of carbonyl (C=O) groups is 1. The molecule has 8 nitrogen and oxygen atoms in total. The fraction of sp³-hybridized carbons (Fsp3) is 0.150. The Morgan fingerprint density at radius 2 is 1.94 bits per heavy atom. The Morgan fingerprint density at radius 3 is 2.58 bits per heavy atom. The predicted molar refractivity (Wildman–Crippen MR) is 103 cm³/mol. The van der Waals surface area contributed by atoms with E-state index in [1.54, 1.807) is 18.2 Å². The number of halogens is 3. The van der Waals surface area contributed by atoms with Crippen molar-refractivity contribution in [1.82, 2.24) is 14.6 Å². The first-order valence-corrected chi connectivity index (χ1v) is 8.85. The highest BCUT2D eigenvalue weighted by Crippen LogP contribution is 2.33. The van der Waals surface area contributed by atoms with Crippen LogP contribution in [0.1, 0.15) is 16.2 Å². The van der Waals surface area contributed by atoms with E-state index in [0.717, 1.165) is 12.1 Å². The highest BCUT2D eigenvalue weighted by atomic mass is 19.4. The van der Waals surface area contributed by atoms with Crippen molar-refractivity contribution in [2.24, 2.45) is 0 Å². The van der Waals surface area contributed by atoms with E-state index in [4.69, 9.17) is 13.9 Å². The number of aromatic nitrogens is 3. The maximum absolute atomic E-state index is 13.6. The maximum atomic E-state index is 13.6. The molecule has 0 spiro atoms. The summed E-state index contributed by atoms with van der Waals surface area (Å²) in [6, 6.07) is 9.68. The van der Waals surface area contributed by atoms with Gasteiger partial charge in [-0.2, -0.15) is 18.3 Å². The smallest absolute Gasteiger partial charge is 0.433 e. The van der Waals surface area contributed by atoms with Gasteiger partial charge in [-0.05, 0) is 30.3 Å². The zero-order valence-electron chi connectivity index (χ0n) is 16.2. The molecule has 1 N–H and O–H groups in total. The van der Waals surface area contributed by atoms with Gasteiger partial charge < -0.3 is 19.2 Å². The van der Waals surface area contributed by atoms with Gasteiger partial charge in [-0.15, -0.1) is 0 Å². The Kier molecular flexibility index (Phi) is 5.01. The van der Waals surface area contributed by atoms with Crippen LogP contribution >= 0.6 is 0 Å². The number of hydrogen-bond donors (Lipinski definition) is 1. The second-order valence-corrected chi connectivity index (χ2v) is 6.32. The third-order valence-corrected chi connectivity index (χ3v) is 4.38. The predicted octanol–water partition coefficient (Wildman–Crippen LogP) is 4.28. The van der Waals surface area contributed by atoms with E-state index in [9.17, 15) is 18.0 Å². The summed E-state index contributed by atoms with van der Waals surface area (Å²) in [5, 5.41) is 6.38. The summed E-state index contributed by atoms with van der Waals surface area (Å²) < 4.78 is 56.9. The molecule has 0 aliphatic carbocycles. The molecule has 11 heteroatoms. The standard InChI is InChI=1S/C20H15F3N4O4/c1-29-11-5-6-12(16(8-11)30-2)25-19(28)14-10-18-24-13(15-4-3-7-31-15)9-17(20(21,22)23)27(18)26-14/h3-10H,1-2H3,(H,25,28). The molecule has 0 aliphatic rings. The van der Waals surface area contributed by atoms with E-state index < -0.39 is 17.8 Å². The van der Waals surface area contributed by atoms with Gasteiger partial charge in [0.15, 0.2) is 22.8 Å². The number of rotatable bonds is 5. The van der Waals surface area contributed by atoms with E-state index in [1.807, 2.05) is 0 Å². The molecule has 0 aliphatic heterocycles. The lowest BCUT2D eigenvalue weighted by Gasteiger charge is -2.11. The number of alkyl halides is 3. The molecule has 1 aromatic carbocycles. The summed E-state index contributed by atoms with van der Waals surface area (Å²) >= 11 is 0. The summed E-state index contributed by atoms with van der Waals surface area (Å²) in [5.74, 6) is 0.238. The molecule has 0 saturated heterocycles. The van der Waals surface area contributed by atoms with Crippen molar-refractivity contribution in [3.8, 4) is 23.0 Å². The van der Waals surface area contributed by atoms with Gasteiger partial charge >= 0.3 is 6.18 Å². The number of fused-ring (bicyclic) bond motifs is 1. The van der Waals surface area contributed by atoms with Crippen LogP contribution in [-0.2, 0) is 6.18 Å². The second kappa shape index (κ2) is 7.67. The lowest BCUT2D eigenvalue weighted by Crippen LogP contribution is -2.16. The van der Waals surface area contributed by atoms with Crippen LogP contribution in [0.5, 0.6) is 11.5 Å². The Morgan fingerprint density at radius 1 is 1.13 bits per heavy atom. The summed E-state index contributed by atoms with van der Waals surface area (Å²) in [6.45, 7) is 0. The van der Waals surface area contributed by atoms with E-state index in [-0.39, 0.29) is 22.8 Å². The first kappa shape index (κ1) is 20.3. The molecule has 0 bridgehead atoms. The topological polar surface area (TPSA) is 90.9 Å². The summed E-state index contributed by atoms with van der Waals surface area (Å²) in [5.41, 5.74) is -1.25. The van der Waals surface area contributed by atoms with Gasteiger partial charge in [0.05, 0.1) is 26.2 Å². The fourth-order valence-corrected chi connectivity index (χ4v) is 2.93. The number of methoxy groups -OCH3 is 2. The molecule has 0 fully saturated rings. The number of furan rings is 1. The van der Waals surface area contributed by atoms with E-state index in [2.05, 4.69) is 15.4 Å². The monoisotopic (exact) mass is 432 g/mol. The van der Waals surface area contributed by atoms with Crippen molar-refractivity contribution in [3.63, 3.8) is 0 Å². The minimum atomic E-state index is -4.73. The molecule has 31 heavy (non-hydrogen) atoms. The molecule has 0 radical (unpaired) electrons. The number of nitrogens with one attached hydrogen (secondary N) is 1. The van der Waals surface area contributed by atoms with Gasteiger partial charge in [-0.3, -0.25) is 4.79 Å². The SMILES string of the molecule is COc1ccc(NC(=O)c2cc3nc(-c4ccco4)cc(C(F)(F)F)n3n2)c(OC)c1. The zero-order chi connectivity index (χ0) is 22.2. The minimum absolute atomic E-state index is 0.0338. The quantitative estimate of drug-likeness (QED) is 0.506. The Hall–Kier alpha value is -4.02. The molecule has 160 valence electrons. The third-order valence-electron chi connectivity index (χ3n) is 4.38. The summed E-state index contributed by atoms with van der Waals surface area (Å²) in [7, 11) is 2.89. The second-order valence-electron chi connectivity index (χ2n) is 6.32. The number of nitrogens with zero attached hydrogens (tertiary/aromatic N) is 3. The molecule has 0 unspecified atom stereocenters. The molecule has 4 aromatic rings. The third kappa shape index (κ3) is 3.89. The maximum Gasteiger partial charge on any atom is 0.433 e. The van der Waals surface area contributed by atoms with Crippen LogP contribution in [0.3, 0.4) is 0 Å². The van der Waals surface area contributed by atoms with E-state index in [1.165, 1.54) is 32.6 Å². The van der Waals surface area contributed by atoms with Crippen molar-refractivity contribution in [2.75, 3.05) is 19.5 Å². The van der Waals surface area contributed by atoms with Gasteiger partial charge in [0.1, 0.15) is 17.2 Å². The van der Waals surface area contributed by atoms with Gasteiger partial charge in [-0.25, -0.2) is 9.50 Å². The zero-order valence-corrected chi connectivity index (χ0v) is 16.2. The molecule has 0 saturated carbocycles. The van der Waals surface area contributed by atoms with Crippen molar-refractivity contribution >= 4 is 17.2 Å². The Bertz CT molecular complexity index is 1250. The highest BCUT2D eigenvalue weighted by Gasteiger charge is 2.36. The number of benzene rings is 1. The van der Waals surface area contributed by atoms with Gasteiger partial charge in [0, 0.05) is 12.1 Å². The average Bonchev–Trinajstić information content (AvgIpc) is 3.42. The van der Waals surface area contributed by atoms with Crippen LogP contribution in [0.4, 0.5) is 18.9 Å². The van der Waals surface area contributed by atoms with Gasteiger partial charge in [0.2, 0.25) is 0 Å². The molecular formula is C20H15F3N4O4. The molecule has 3 heterocycles. The van der Waals surface area contributed by atoms with Crippen LogP contribution in [0.25, 0.3) is 17.1 Å². The van der Waals surface area contributed by atoms with Crippen LogP contribution in [0.15, 0.2) is 53.1 Å². The van der Waals surface area contributed by atoms with Crippen molar-refractivity contribution in [1.29, 1.82) is 0 Å². The van der Waals surface area contributed by atoms with Crippen molar-refractivity contribution in [2.45, 2.75) is 6.18 Å². The van der Waals surface area contributed by atoms with Crippen LogP contribution in [0, 0.1) is 0 Å². The van der Waals surface area contributed by atoms with E-state index in [0.29, 0.717) is 21.7 Å². The largest absolute Gasteiger partial charge is 0.497 e. The van der Waals surface area contributed by atoms with Crippen LogP contribution in [-0.4, -0.2) is 34.7 Å². The van der Waals surface area contributed by atoms with Gasteiger partial charge in [0.25, 0.3) is 5.91 Å². The Labute approximate surface area is 173 Å². The van der Waals surface area contributed by atoms with E-state index >= 15 is 0 Å². The normalized spacial score (nSPS) is 11.5.